The number of ether oxygens (including phenoxy) is 1. The molecule has 0 amide bonds. The second kappa shape index (κ2) is 5.12. The molecule has 16 heavy (non-hydrogen) atoms. The van der Waals surface area contributed by atoms with Crippen LogP contribution in [0.15, 0.2) is 24.3 Å². The summed E-state index contributed by atoms with van der Waals surface area (Å²) in [6.07, 6.45) is 3.26. The number of hydrogen-bond acceptors (Lipinski definition) is 3. The number of Topliss-reactive ketones (excluding diaryl/α,β-unsaturated/α-hetero) is 1. The SMILES string of the molecule is CNCCC(=O)c1ccc(OC2CC2)cc1. The standard InChI is InChI=1S/C13H17NO2/c1-14-9-8-13(15)10-2-4-11(5-3-10)16-12-6-7-12/h2-5,12,14H,6-9H2,1H3. The summed E-state index contributed by atoms with van der Waals surface area (Å²) < 4.78 is 5.62. The Morgan fingerprint density at radius 3 is 2.62 bits per heavy atom. The van der Waals surface area contributed by atoms with E-state index in [1.165, 1.54) is 0 Å². The highest BCUT2D eigenvalue weighted by Crippen LogP contribution is 2.26. The summed E-state index contributed by atoms with van der Waals surface area (Å²) in [4.78, 5) is 11.7. The third kappa shape index (κ3) is 3.07. The van der Waals surface area contributed by atoms with Crippen molar-refractivity contribution in [2.24, 2.45) is 0 Å². The fourth-order valence-corrected chi connectivity index (χ4v) is 1.48. The Morgan fingerprint density at radius 1 is 1.38 bits per heavy atom. The van der Waals surface area contributed by atoms with Crippen molar-refractivity contribution in [1.82, 2.24) is 5.32 Å². The maximum absolute atomic E-state index is 11.7. The number of hydrogen-bond donors (Lipinski definition) is 1. The second-order valence-electron chi connectivity index (χ2n) is 4.12. The van der Waals surface area contributed by atoms with Crippen LogP contribution in [0.25, 0.3) is 0 Å². The first-order chi connectivity index (χ1) is 7.79. The minimum Gasteiger partial charge on any atom is -0.490 e. The van der Waals surface area contributed by atoms with Crippen molar-refractivity contribution in [1.29, 1.82) is 0 Å². The molecule has 2 rings (SSSR count). The van der Waals surface area contributed by atoms with Gasteiger partial charge in [0.15, 0.2) is 5.78 Å². The van der Waals surface area contributed by atoms with Crippen molar-refractivity contribution in [3.8, 4) is 5.75 Å². The van der Waals surface area contributed by atoms with Crippen LogP contribution in [0, 0.1) is 0 Å². The number of carbonyl (C=O) groups is 1. The first-order valence-electron chi connectivity index (χ1n) is 5.74. The summed E-state index contributed by atoms with van der Waals surface area (Å²) in [6, 6.07) is 7.45. The first kappa shape index (κ1) is 11.1. The summed E-state index contributed by atoms with van der Waals surface area (Å²) in [5.41, 5.74) is 0.762. The van der Waals surface area contributed by atoms with Crippen LogP contribution < -0.4 is 10.1 Å². The lowest BCUT2D eigenvalue weighted by Crippen LogP contribution is -2.12. The first-order valence-corrected chi connectivity index (χ1v) is 5.74. The number of ketones is 1. The van der Waals surface area contributed by atoms with Gasteiger partial charge < -0.3 is 10.1 Å². The van der Waals surface area contributed by atoms with Gasteiger partial charge in [-0.1, -0.05) is 0 Å². The normalized spacial score (nSPS) is 14.8. The molecular formula is C13H17NO2. The van der Waals surface area contributed by atoms with Gasteiger partial charge in [0.05, 0.1) is 6.10 Å². The van der Waals surface area contributed by atoms with E-state index in [0.717, 1.165) is 30.7 Å². The number of benzene rings is 1. The van der Waals surface area contributed by atoms with Crippen LogP contribution in [0.2, 0.25) is 0 Å². The fraction of sp³-hybridized carbons (Fsp3) is 0.462. The van der Waals surface area contributed by atoms with E-state index < -0.39 is 0 Å². The molecule has 0 bridgehead atoms. The van der Waals surface area contributed by atoms with Crippen LogP contribution in [0.1, 0.15) is 29.6 Å². The van der Waals surface area contributed by atoms with E-state index in [-0.39, 0.29) is 5.78 Å². The van der Waals surface area contributed by atoms with Crippen molar-refractivity contribution >= 4 is 5.78 Å². The Hall–Kier alpha value is -1.35. The molecule has 0 saturated heterocycles. The van der Waals surface area contributed by atoms with Gasteiger partial charge in [0.1, 0.15) is 5.75 Å². The quantitative estimate of drug-likeness (QED) is 0.744. The Labute approximate surface area is 95.8 Å². The van der Waals surface area contributed by atoms with Crippen molar-refractivity contribution < 1.29 is 9.53 Å². The molecule has 0 aromatic heterocycles. The minimum atomic E-state index is 0.173. The number of rotatable bonds is 6. The molecule has 0 spiro atoms. The van der Waals surface area contributed by atoms with Crippen LogP contribution in [0.3, 0.4) is 0 Å². The lowest BCUT2D eigenvalue weighted by atomic mass is 10.1. The molecule has 3 heteroatoms. The maximum Gasteiger partial charge on any atom is 0.164 e. The molecule has 1 aliphatic carbocycles. The molecule has 1 fully saturated rings. The molecule has 1 aromatic rings. The Bertz CT molecular complexity index is 355. The monoisotopic (exact) mass is 219 g/mol. The summed E-state index contributed by atoms with van der Waals surface area (Å²) in [5, 5.41) is 2.97. The van der Waals surface area contributed by atoms with E-state index in [0.29, 0.717) is 12.5 Å². The maximum atomic E-state index is 11.7. The minimum absolute atomic E-state index is 0.173. The van der Waals surface area contributed by atoms with Gasteiger partial charge in [-0.05, 0) is 44.2 Å². The van der Waals surface area contributed by atoms with Gasteiger partial charge in [-0.2, -0.15) is 0 Å². The van der Waals surface area contributed by atoms with E-state index in [4.69, 9.17) is 4.74 Å². The lowest BCUT2D eigenvalue weighted by Gasteiger charge is -2.05. The van der Waals surface area contributed by atoms with Crippen LogP contribution in [0.4, 0.5) is 0 Å². The topological polar surface area (TPSA) is 38.3 Å². The van der Waals surface area contributed by atoms with Gasteiger partial charge in [0, 0.05) is 18.5 Å². The highest BCUT2D eigenvalue weighted by molar-refractivity contribution is 5.96. The second-order valence-corrected chi connectivity index (χ2v) is 4.12. The van der Waals surface area contributed by atoms with Crippen LogP contribution in [-0.4, -0.2) is 25.5 Å². The van der Waals surface area contributed by atoms with Crippen LogP contribution in [-0.2, 0) is 0 Å². The average molecular weight is 219 g/mol. The molecule has 1 aromatic carbocycles. The zero-order valence-corrected chi connectivity index (χ0v) is 9.53. The molecule has 0 atom stereocenters. The zero-order valence-electron chi connectivity index (χ0n) is 9.53. The molecular weight excluding hydrogens is 202 g/mol. The fourth-order valence-electron chi connectivity index (χ4n) is 1.48. The molecule has 1 N–H and O–H groups in total. The van der Waals surface area contributed by atoms with Crippen LogP contribution in [0.5, 0.6) is 5.75 Å². The van der Waals surface area contributed by atoms with Crippen molar-refractivity contribution in [3.05, 3.63) is 29.8 Å². The molecule has 0 heterocycles. The number of nitrogens with one attached hydrogen (secondary N) is 1. The average Bonchev–Trinajstić information content (AvgIpc) is 3.11. The predicted octanol–water partition coefficient (Wildman–Crippen LogP) is 2.02. The Morgan fingerprint density at radius 2 is 2.06 bits per heavy atom. The van der Waals surface area contributed by atoms with E-state index in [1.807, 2.05) is 31.3 Å². The highest BCUT2D eigenvalue weighted by Gasteiger charge is 2.23. The molecule has 86 valence electrons. The summed E-state index contributed by atoms with van der Waals surface area (Å²) in [6.45, 7) is 0.721. The van der Waals surface area contributed by atoms with Gasteiger partial charge in [0.25, 0.3) is 0 Å². The molecule has 1 saturated carbocycles. The molecule has 0 aliphatic heterocycles. The summed E-state index contributed by atoms with van der Waals surface area (Å²) >= 11 is 0. The molecule has 1 aliphatic rings. The molecule has 0 radical (unpaired) electrons. The van der Waals surface area contributed by atoms with Gasteiger partial charge >= 0.3 is 0 Å². The van der Waals surface area contributed by atoms with E-state index in [1.54, 1.807) is 0 Å². The van der Waals surface area contributed by atoms with E-state index in [9.17, 15) is 4.79 Å². The van der Waals surface area contributed by atoms with E-state index >= 15 is 0 Å². The zero-order chi connectivity index (χ0) is 11.4. The number of carbonyl (C=O) groups excluding carboxylic acids is 1. The van der Waals surface area contributed by atoms with Gasteiger partial charge in [-0.25, -0.2) is 0 Å². The summed E-state index contributed by atoms with van der Waals surface area (Å²) in [5.74, 6) is 1.04. The third-order valence-electron chi connectivity index (χ3n) is 2.61. The van der Waals surface area contributed by atoms with Crippen molar-refractivity contribution in [2.75, 3.05) is 13.6 Å². The Kier molecular flexibility index (Phi) is 3.57. The molecule has 0 unspecified atom stereocenters. The smallest absolute Gasteiger partial charge is 0.164 e. The van der Waals surface area contributed by atoms with Gasteiger partial charge in [-0.15, -0.1) is 0 Å². The van der Waals surface area contributed by atoms with Crippen molar-refractivity contribution in [2.45, 2.75) is 25.4 Å². The lowest BCUT2D eigenvalue weighted by molar-refractivity contribution is 0.0983. The highest BCUT2D eigenvalue weighted by atomic mass is 16.5. The van der Waals surface area contributed by atoms with Gasteiger partial charge in [-0.3, -0.25) is 4.79 Å². The van der Waals surface area contributed by atoms with Crippen molar-refractivity contribution in [3.63, 3.8) is 0 Å². The Balaban J connectivity index is 1.92. The molecule has 3 nitrogen and oxygen atoms in total. The largest absolute Gasteiger partial charge is 0.490 e. The third-order valence-corrected chi connectivity index (χ3v) is 2.61. The predicted molar refractivity (Wildman–Crippen MR) is 63.0 cm³/mol. The van der Waals surface area contributed by atoms with Crippen LogP contribution >= 0.6 is 0 Å². The summed E-state index contributed by atoms with van der Waals surface area (Å²) in [7, 11) is 1.85. The van der Waals surface area contributed by atoms with Gasteiger partial charge in [0.2, 0.25) is 0 Å². The van der Waals surface area contributed by atoms with E-state index in [2.05, 4.69) is 5.32 Å².